The number of nitrogens with zero attached hydrogens (tertiary/aromatic N) is 2. The molecule has 0 saturated carbocycles. The molecule has 0 aliphatic heterocycles. The van der Waals surface area contributed by atoms with E-state index in [9.17, 15) is 23.6 Å². The highest BCUT2D eigenvalue weighted by atomic mass is 32.2. The maximum Gasteiger partial charge on any atom is 0.270 e. The summed E-state index contributed by atoms with van der Waals surface area (Å²) in [6, 6.07) is 4.87. The molecule has 0 saturated heterocycles. The first-order valence-corrected chi connectivity index (χ1v) is 7.49. The fourth-order valence-corrected chi connectivity index (χ4v) is 3.35. The highest BCUT2D eigenvalue weighted by Crippen LogP contribution is 2.22. The molecule has 1 aromatic rings. The fourth-order valence-electron chi connectivity index (χ4n) is 1.70. The molecule has 0 heterocycles. The maximum atomic E-state index is 12.4. The van der Waals surface area contributed by atoms with E-state index in [1.165, 1.54) is 32.0 Å². The van der Waals surface area contributed by atoms with Crippen molar-refractivity contribution < 1.29 is 18.4 Å². The van der Waals surface area contributed by atoms with Crippen molar-refractivity contribution in [2.24, 2.45) is 0 Å². The predicted octanol–water partition coefficient (Wildman–Crippen LogP) is 1.38. The highest BCUT2D eigenvalue weighted by molar-refractivity contribution is 7.89. The Morgan fingerprint density at radius 2 is 2.00 bits per heavy atom. The van der Waals surface area contributed by atoms with Crippen LogP contribution in [0.25, 0.3) is 0 Å². The van der Waals surface area contributed by atoms with Gasteiger partial charge in [-0.05, 0) is 19.9 Å². The Morgan fingerprint density at radius 3 is 2.45 bits per heavy atom. The van der Waals surface area contributed by atoms with Gasteiger partial charge in [-0.1, -0.05) is 13.0 Å². The van der Waals surface area contributed by atoms with Gasteiger partial charge in [0.2, 0.25) is 10.0 Å². The van der Waals surface area contributed by atoms with E-state index in [4.69, 9.17) is 0 Å². The van der Waals surface area contributed by atoms with E-state index >= 15 is 0 Å². The van der Waals surface area contributed by atoms with Crippen LogP contribution in [-0.4, -0.2) is 41.4 Å². The van der Waals surface area contributed by atoms with Crippen molar-refractivity contribution in [1.82, 2.24) is 4.31 Å². The maximum absolute atomic E-state index is 12.4. The number of likely N-dealkylation sites (N-methyl/N-ethyl adjacent to an activating group) is 1. The van der Waals surface area contributed by atoms with E-state index in [1.54, 1.807) is 6.92 Å². The van der Waals surface area contributed by atoms with Gasteiger partial charge in [0.25, 0.3) is 5.69 Å². The molecule has 0 atom stereocenters. The van der Waals surface area contributed by atoms with Gasteiger partial charge in [0.15, 0.2) is 0 Å². The first-order chi connectivity index (χ1) is 9.08. The molecule has 112 valence electrons. The minimum Gasteiger partial charge on any atom is -0.389 e. The Bertz CT molecular complexity index is 592. The van der Waals surface area contributed by atoms with Crippen LogP contribution in [0.4, 0.5) is 5.69 Å². The zero-order valence-electron chi connectivity index (χ0n) is 11.6. The van der Waals surface area contributed by atoms with Gasteiger partial charge in [-0.2, -0.15) is 4.31 Å². The summed E-state index contributed by atoms with van der Waals surface area (Å²) in [7, 11) is -3.87. The lowest BCUT2D eigenvalue weighted by Gasteiger charge is -2.27. The molecule has 0 aromatic heterocycles. The second-order valence-corrected chi connectivity index (χ2v) is 6.94. The molecule has 0 bridgehead atoms. The standard InChI is InChI=1S/C12H18N2O5S/c1-4-13(9-12(2,3)15)20(18,19)11-7-5-6-10(8-11)14(16)17/h5-8,15H,4,9H2,1-3H3. The molecule has 1 aromatic carbocycles. The summed E-state index contributed by atoms with van der Waals surface area (Å²) in [6.07, 6.45) is 0. The van der Waals surface area contributed by atoms with Crippen LogP contribution in [0, 0.1) is 10.1 Å². The molecule has 0 unspecified atom stereocenters. The van der Waals surface area contributed by atoms with Crippen LogP contribution in [0.3, 0.4) is 0 Å². The summed E-state index contributed by atoms with van der Waals surface area (Å²) in [4.78, 5) is 9.90. The van der Waals surface area contributed by atoms with E-state index in [0.717, 1.165) is 10.4 Å². The smallest absolute Gasteiger partial charge is 0.270 e. The zero-order chi connectivity index (χ0) is 15.6. The van der Waals surface area contributed by atoms with Crippen molar-refractivity contribution in [2.45, 2.75) is 31.3 Å². The molecule has 8 heteroatoms. The Balaban J connectivity index is 3.20. The van der Waals surface area contributed by atoms with Crippen LogP contribution < -0.4 is 0 Å². The van der Waals surface area contributed by atoms with Gasteiger partial charge in [0.1, 0.15) is 0 Å². The Hall–Kier alpha value is -1.51. The number of nitro benzene ring substituents is 1. The van der Waals surface area contributed by atoms with Gasteiger partial charge < -0.3 is 5.11 Å². The van der Waals surface area contributed by atoms with Gasteiger partial charge >= 0.3 is 0 Å². The molecule has 0 amide bonds. The van der Waals surface area contributed by atoms with E-state index in [-0.39, 0.29) is 23.7 Å². The van der Waals surface area contributed by atoms with Crippen molar-refractivity contribution in [3.05, 3.63) is 34.4 Å². The van der Waals surface area contributed by atoms with Crippen molar-refractivity contribution in [3.8, 4) is 0 Å². The summed E-state index contributed by atoms with van der Waals surface area (Å²) in [6.45, 7) is 4.71. The van der Waals surface area contributed by atoms with Gasteiger partial charge in [0.05, 0.1) is 15.4 Å². The van der Waals surface area contributed by atoms with Gasteiger partial charge in [-0.15, -0.1) is 0 Å². The minimum absolute atomic E-state index is 0.0888. The topological polar surface area (TPSA) is 101 Å². The van der Waals surface area contributed by atoms with E-state index in [2.05, 4.69) is 0 Å². The highest BCUT2D eigenvalue weighted by Gasteiger charge is 2.29. The number of nitro groups is 1. The van der Waals surface area contributed by atoms with E-state index in [0.29, 0.717) is 0 Å². The number of hydrogen-bond donors (Lipinski definition) is 1. The molecule has 1 N–H and O–H groups in total. The third-order valence-electron chi connectivity index (χ3n) is 2.58. The van der Waals surface area contributed by atoms with Gasteiger partial charge in [-0.25, -0.2) is 8.42 Å². The summed E-state index contributed by atoms with van der Waals surface area (Å²) in [5.41, 5.74) is -1.48. The zero-order valence-corrected chi connectivity index (χ0v) is 12.4. The summed E-state index contributed by atoms with van der Waals surface area (Å²) in [5.74, 6) is 0. The van der Waals surface area contributed by atoms with E-state index in [1.807, 2.05) is 0 Å². The number of sulfonamides is 1. The Kier molecular flexibility index (Phi) is 4.85. The molecular formula is C12H18N2O5S. The molecule has 0 aliphatic rings. The minimum atomic E-state index is -3.87. The fraction of sp³-hybridized carbons (Fsp3) is 0.500. The monoisotopic (exact) mass is 302 g/mol. The van der Waals surface area contributed by atoms with Crippen molar-refractivity contribution in [3.63, 3.8) is 0 Å². The predicted molar refractivity (Wildman–Crippen MR) is 73.8 cm³/mol. The average Bonchev–Trinajstić information content (AvgIpc) is 2.34. The van der Waals surface area contributed by atoms with Crippen molar-refractivity contribution in [2.75, 3.05) is 13.1 Å². The number of benzene rings is 1. The molecule has 1 rings (SSSR count). The second-order valence-electron chi connectivity index (χ2n) is 5.00. The van der Waals surface area contributed by atoms with Crippen LogP contribution in [-0.2, 0) is 10.0 Å². The number of non-ortho nitro benzene ring substituents is 1. The van der Waals surface area contributed by atoms with Crippen molar-refractivity contribution >= 4 is 15.7 Å². The van der Waals surface area contributed by atoms with Crippen LogP contribution in [0.2, 0.25) is 0 Å². The molecule has 0 radical (unpaired) electrons. The summed E-state index contributed by atoms with van der Waals surface area (Å²) < 4.78 is 25.9. The lowest BCUT2D eigenvalue weighted by molar-refractivity contribution is -0.385. The van der Waals surface area contributed by atoms with Gasteiger partial charge in [-0.3, -0.25) is 10.1 Å². The lowest BCUT2D eigenvalue weighted by Crippen LogP contribution is -2.42. The lowest BCUT2D eigenvalue weighted by atomic mass is 10.1. The Labute approximate surface area is 118 Å². The van der Waals surface area contributed by atoms with Crippen LogP contribution in [0.15, 0.2) is 29.2 Å². The second kappa shape index (κ2) is 5.86. The molecule has 0 spiro atoms. The third-order valence-corrected chi connectivity index (χ3v) is 4.50. The van der Waals surface area contributed by atoms with E-state index < -0.39 is 20.5 Å². The van der Waals surface area contributed by atoms with Crippen LogP contribution in [0.5, 0.6) is 0 Å². The average molecular weight is 302 g/mol. The van der Waals surface area contributed by atoms with Crippen molar-refractivity contribution in [1.29, 1.82) is 0 Å². The molecule has 0 fully saturated rings. The number of rotatable bonds is 6. The summed E-state index contributed by atoms with van der Waals surface area (Å²) in [5, 5.41) is 20.5. The first-order valence-electron chi connectivity index (χ1n) is 6.05. The SMILES string of the molecule is CCN(CC(C)(C)O)S(=O)(=O)c1cccc([N+](=O)[O-])c1. The normalized spacial score (nSPS) is 12.7. The largest absolute Gasteiger partial charge is 0.389 e. The van der Waals surface area contributed by atoms with Gasteiger partial charge in [0, 0.05) is 25.2 Å². The molecule has 20 heavy (non-hydrogen) atoms. The molecular weight excluding hydrogens is 284 g/mol. The van der Waals surface area contributed by atoms with Crippen LogP contribution >= 0.6 is 0 Å². The summed E-state index contributed by atoms with van der Waals surface area (Å²) >= 11 is 0. The van der Waals surface area contributed by atoms with Crippen LogP contribution in [0.1, 0.15) is 20.8 Å². The number of hydrogen-bond acceptors (Lipinski definition) is 5. The molecule has 0 aliphatic carbocycles. The quantitative estimate of drug-likeness (QED) is 0.632. The Morgan fingerprint density at radius 1 is 1.40 bits per heavy atom. The molecule has 7 nitrogen and oxygen atoms in total. The first kappa shape index (κ1) is 16.5. The third kappa shape index (κ3) is 3.99. The number of aliphatic hydroxyl groups is 1.